The molecule has 20 heavy (non-hydrogen) atoms. The van der Waals surface area contributed by atoms with Gasteiger partial charge in [-0.2, -0.15) is 0 Å². The van der Waals surface area contributed by atoms with Crippen molar-refractivity contribution in [2.45, 2.75) is 32.2 Å². The summed E-state index contributed by atoms with van der Waals surface area (Å²) in [5, 5.41) is 6.88. The smallest absolute Gasteiger partial charge is 0.319 e. The van der Waals surface area contributed by atoms with E-state index < -0.39 is 0 Å². The van der Waals surface area contributed by atoms with Gasteiger partial charge in [0.2, 0.25) is 0 Å². The first-order chi connectivity index (χ1) is 9.48. The Kier molecular flexibility index (Phi) is 4.65. The van der Waals surface area contributed by atoms with Gasteiger partial charge in [0.25, 0.3) is 0 Å². The molecule has 0 spiro atoms. The Morgan fingerprint density at radius 2 is 2.15 bits per heavy atom. The van der Waals surface area contributed by atoms with Gasteiger partial charge in [-0.1, -0.05) is 6.92 Å². The standard InChI is InChI=1S/C14H24N4OS/c1-5-15-14(12-16-11(2)10-20-12)6-8-18(9-7-14)13(19)17(3)4/h10,15H,5-9H2,1-4H3. The summed E-state index contributed by atoms with van der Waals surface area (Å²) in [5.74, 6) is 0. The number of piperidine rings is 1. The third-order valence-corrected chi connectivity index (χ3v) is 4.98. The number of aryl methyl sites for hydroxylation is 1. The molecule has 1 fully saturated rings. The lowest BCUT2D eigenvalue weighted by Crippen LogP contribution is -2.53. The van der Waals surface area contributed by atoms with Crippen LogP contribution >= 0.6 is 11.3 Å². The van der Waals surface area contributed by atoms with Gasteiger partial charge in [0.1, 0.15) is 5.01 Å². The topological polar surface area (TPSA) is 48.5 Å². The summed E-state index contributed by atoms with van der Waals surface area (Å²) in [6, 6.07) is 0.102. The van der Waals surface area contributed by atoms with Crippen molar-refractivity contribution >= 4 is 17.4 Å². The van der Waals surface area contributed by atoms with Gasteiger partial charge >= 0.3 is 6.03 Å². The van der Waals surface area contributed by atoms with Crippen LogP contribution in [0.5, 0.6) is 0 Å². The molecule has 1 aliphatic rings. The van der Waals surface area contributed by atoms with Gasteiger partial charge in [0, 0.05) is 38.3 Å². The van der Waals surface area contributed by atoms with E-state index in [-0.39, 0.29) is 11.6 Å². The van der Waals surface area contributed by atoms with E-state index in [2.05, 4.69) is 22.6 Å². The highest BCUT2D eigenvalue weighted by Gasteiger charge is 2.39. The number of urea groups is 1. The number of nitrogens with zero attached hydrogens (tertiary/aromatic N) is 3. The first-order valence-corrected chi connectivity index (χ1v) is 8.00. The molecule has 2 heterocycles. The molecule has 0 unspecified atom stereocenters. The first kappa shape index (κ1) is 15.3. The van der Waals surface area contributed by atoms with E-state index in [1.165, 1.54) is 0 Å². The van der Waals surface area contributed by atoms with Crippen LogP contribution in [-0.4, -0.2) is 54.5 Å². The van der Waals surface area contributed by atoms with Gasteiger partial charge in [-0.05, 0) is 26.3 Å². The second-order valence-electron chi connectivity index (χ2n) is 5.57. The number of rotatable bonds is 3. The van der Waals surface area contributed by atoms with E-state index in [0.29, 0.717) is 0 Å². The van der Waals surface area contributed by atoms with E-state index in [4.69, 9.17) is 0 Å². The van der Waals surface area contributed by atoms with Crippen LogP contribution in [0.2, 0.25) is 0 Å². The maximum absolute atomic E-state index is 12.0. The number of amides is 2. The zero-order valence-electron chi connectivity index (χ0n) is 12.8. The molecule has 5 nitrogen and oxygen atoms in total. The Hall–Kier alpha value is -1.14. The Morgan fingerprint density at radius 3 is 2.60 bits per heavy atom. The van der Waals surface area contributed by atoms with Crippen LogP contribution in [-0.2, 0) is 5.54 Å². The van der Waals surface area contributed by atoms with Crippen LogP contribution in [0.15, 0.2) is 5.38 Å². The molecule has 112 valence electrons. The maximum atomic E-state index is 12.0. The fraction of sp³-hybridized carbons (Fsp3) is 0.714. The number of nitrogens with one attached hydrogen (secondary N) is 1. The Bertz CT molecular complexity index is 463. The van der Waals surface area contributed by atoms with Crippen molar-refractivity contribution in [3.8, 4) is 0 Å². The molecule has 1 aromatic rings. The summed E-state index contributed by atoms with van der Waals surface area (Å²) >= 11 is 1.72. The average Bonchev–Trinajstić information content (AvgIpc) is 2.86. The molecular weight excluding hydrogens is 272 g/mol. The van der Waals surface area contributed by atoms with Crippen LogP contribution in [0.4, 0.5) is 4.79 Å². The molecule has 0 saturated carbocycles. The SMILES string of the molecule is CCNC1(c2nc(C)cs2)CCN(C(=O)N(C)C)CC1. The lowest BCUT2D eigenvalue weighted by atomic mass is 9.88. The molecular formula is C14H24N4OS. The third kappa shape index (κ3) is 2.96. The van der Waals surface area contributed by atoms with E-state index in [1.54, 1.807) is 30.3 Å². The van der Waals surface area contributed by atoms with Gasteiger partial charge in [0.15, 0.2) is 0 Å². The molecule has 1 saturated heterocycles. The number of carbonyl (C=O) groups is 1. The van der Waals surface area contributed by atoms with Crippen LogP contribution in [0.1, 0.15) is 30.5 Å². The monoisotopic (exact) mass is 296 g/mol. The largest absolute Gasteiger partial charge is 0.331 e. The predicted octanol–water partition coefficient (Wildman–Crippen LogP) is 2.03. The Labute approximate surface area is 125 Å². The van der Waals surface area contributed by atoms with Crippen LogP contribution < -0.4 is 5.32 Å². The minimum atomic E-state index is -0.0588. The normalized spacial score (nSPS) is 18.1. The molecule has 1 aromatic heterocycles. The van der Waals surface area contributed by atoms with Crippen molar-refractivity contribution in [3.05, 3.63) is 16.1 Å². The van der Waals surface area contributed by atoms with Gasteiger partial charge < -0.3 is 15.1 Å². The van der Waals surface area contributed by atoms with E-state index >= 15 is 0 Å². The summed E-state index contributed by atoms with van der Waals surface area (Å²) < 4.78 is 0. The van der Waals surface area contributed by atoms with Gasteiger partial charge in [-0.15, -0.1) is 11.3 Å². The molecule has 1 N–H and O–H groups in total. The molecule has 2 rings (SSSR count). The lowest BCUT2D eigenvalue weighted by molar-refractivity contribution is 0.125. The minimum absolute atomic E-state index is 0.0588. The average molecular weight is 296 g/mol. The van der Waals surface area contributed by atoms with Crippen molar-refractivity contribution in [1.82, 2.24) is 20.1 Å². The first-order valence-electron chi connectivity index (χ1n) is 7.12. The third-order valence-electron chi connectivity index (χ3n) is 3.81. The van der Waals surface area contributed by atoms with Crippen molar-refractivity contribution in [1.29, 1.82) is 0 Å². The fourth-order valence-corrected chi connectivity index (χ4v) is 3.77. The maximum Gasteiger partial charge on any atom is 0.319 e. The minimum Gasteiger partial charge on any atom is -0.331 e. The molecule has 6 heteroatoms. The second kappa shape index (κ2) is 6.10. The summed E-state index contributed by atoms with van der Waals surface area (Å²) in [6.07, 6.45) is 1.85. The number of hydrogen-bond donors (Lipinski definition) is 1. The molecule has 0 atom stereocenters. The van der Waals surface area contributed by atoms with Gasteiger partial charge in [-0.25, -0.2) is 9.78 Å². The molecule has 1 aliphatic heterocycles. The van der Waals surface area contributed by atoms with Crippen molar-refractivity contribution in [3.63, 3.8) is 0 Å². The number of likely N-dealkylation sites (tertiary alicyclic amines) is 1. The molecule has 2 amide bonds. The number of carbonyl (C=O) groups excluding carboxylic acids is 1. The zero-order chi connectivity index (χ0) is 14.8. The highest BCUT2D eigenvalue weighted by molar-refractivity contribution is 7.09. The summed E-state index contributed by atoms with van der Waals surface area (Å²) in [7, 11) is 3.61. The predicted molar refractivity (Wildman–Crippen MR) is 82.1 cm³/mol. The fourth-order valence-electron chi connectivity index (χ4n) is 2.74. The zero-order valence-corrected chi connectivity index (χ0v) is 13.6. The highest BCUT2D eigenvalue weighted by atomic mass is 32.1. The van der Waals surface area contributed by atoms with Crippen LogP contribution in [0.25, 0.3) is 0 Å². The second-order valence-corrected chi connectivity index (χ2v) is 6.43. The van der Waals surface area contributed by atoms with Crippen molar-refractivity contribution in [2.75, 3.05) is 33.7 Å². The van der Waals surface area contributed by atoms with Crippen molar-refractivity contribution in [2.24, 2.45) is 0 Å². The van der Waals surface area contributed by atoms with E-state index in [1.807, 2.05) is 11.8 Å². The molecule has 0 aromatic carbocycles. The van der Waals surface area contributed by atoms with Crippen LogP contribution in [0.3, 0.4) is 0 Å². The number of aromatic nitrogens is 1. The lowest BCUT2D eigenvalue weighted by Gasteiger charge is -2.41. The number of thiazole rings is 1. The Balaban J connectivity index is 2.12. The van der Waals surface area contributed by atoms with Crippen LogP contribution in [0, 0.1) is 6.92 Å². The van der Waals surface area contributed by atoms with E-state index in [0.717, 1.165) is 43.2 Å². The quantitative estimate of drug-likeness (QED) is 0.928. The Morgan fingerprint density at radius 1 is 1.50 bits per heavy atom. The summed E-state index contributed by atoms with van der Waals surface area (Å²) in [5.41, 5.74) is 1.02. The molecule has 0 aliphatic carbocycles. The number of hydrogen-bond acceptors (Lipinski definition) is 4. The van der Waals surface area contributed by atoms with Crippen molar-refractivity contribution < 1.29 is 4.79 Å². The summed E-state index contributed by atoms with van der Waals surface area (Å²) in [6.45, 7) is 6.63. The molecule has 0 radical (unpaired) electrons. The van der Waals surface area contributed by atoms with Gasteiger partial charge in [-0.3, -0.25) is 0 Å². The van der Waals surface area contributed by atoms with E-state index in [9.17, 15) is 4.79 Å². The van der Waals surface area contributed by atoms with Gasteiger partial charge in [0.05, 0.1) is 5.54 Å². The summed E-state index contributed by atoms with van der Waals surface area (Å²) in [4.78, 5) is 20.3. The highest BCUT2D eigenvalue weighted by Crippen LogP contribution is 2.35. The molecule has 0 bridgehead atoms.